The highest BCUT2D eigenvalue weighted by atomic mass is 14.9. The van der Waals surface area contributed by atoms with Crippen molar-refractivity contribution < 1.29 is 0 Å². The number of hydrogen-bond donors (Lipinski definition) is 1. The van der Waals surface area contributed by atoms with Gasteiger partial charge in [-0.3, -0.25) is 4.98 Å². The van der Waals surface area contributed by atoms with E-state index in [1.165, 1.54) is 16.7 Å². The van der Waals surface area contributed by atoms with Gasteiger partial charge < -0.3 is 5.32 Å². The summed E-state index contributed by atoms with van der Waals surface area (Å²) in [6.45, 7) is 6.54. The Balaban J connectivity index is 2.37. The zero-order valence-electron chi connectivity index (χ0n) is 12.1. The van der Waals surface area contributed by atoms with Crippen LogP contribution in [-0.4, -0.2) is 12.0 Å². The summed E-state index contributed by atoms with van der Waals surface area (Å²) >= 11 is 0. The molecule has 0 bridgehead atoms. The summed E-state index contributed by atoms with van der Waals surface area (Å²) in [6.07, 6.45) is 1.86. The van der Waals surface area contributed by atoms with Crippen molar-refractivity contribution in [2.24, 2.45) is 0 Å². The van der Waals surface area contributed by atoms with Gasteiger partial charge in [0.15, 0.2) is 0 Å². The highest BCUT2D eigenvalue weighted by molar-refractivity contribution is 5.35. The number of hydrogen-bond acceptors (Lipinski definition) is 2. The van der Waals surface area contributed by atoms with Crippen molar-refractivity contribution in [3.63, 3.8) is 0 Å². The molecular weight excluding hydrogens is 232 g/mol. The van der Waals surface area contributed by atoms with Gasteiger partial charge in [-0.15, -0.1) is 0 Å². The summed E-state index contributed by atoms with van der Waals surface area (Å²) in [4.78, 5) is 4.49. The number of nitrogens with zero attached hydrogens (tertiary/aromatic N) is 1. The normalized spacial score (nSPS) is 14.1. The van der Waals surface area contributed by atoms with Gasteiger partial charge in [-0.2, -0.15) is 0 Å². The van der Waals surface area contributed by atoms with Crippen LogP contribution in [0.25, 0.3) is 0 Å². The molecule has 0 aliphatic rings. The molecule has 0 saturated heterocycles. The molecule has 0 amide bonds. The fourth-order valence-corrected chi connectivity index (χ4v) is 2.59. The Bertz CT molecular complexity index is 534. The summed E-state index contributed by atoms with van der Waals surface area (Å²) in [5, 5.41) is 3.44. The van der Waals surface area contributed by atoms with Crippen LogP contribution in [0.1, 0.15) is 41.3 Å². The summed E-state index contributed by atoms with van der Waals surface area (Å²) < 4.78 is 0. The lowest BCUT2D eigenvalue weighted by Crippen LogP contribution is -2.23. The Morgan fingerprint density at radius 3 is 2.53 bits per heavy atom. The van der Waals surface area contributed by atoms with Crippen LogP contribution in [0, 0.1) is 13.8 Å². The van der Waals surface area contributed by atoms with Crippen LogP contribution in [-0.2, 0) is 0 Å². The molecule has 100 valence electrons. The van der Waals surface area contributed by atoms with Crippen molar-refractivity contribution in [3.05, 3.63) is 65.0 Å². The minimum absolute atomic E-state index is 0.287. The molecule has 0 saturated carbocycles. The van der Waals surface area contributed by atoms with Gasteiger partial charge in [-0.05, 0) is 44.2 Å². The maximum absolute atomic E-state index is 4.49. The van der Waals surface area contributed by atoms with E-state index < -0.39 is 0 Å². The molecule has 2 rings (SSSR count). The summed E-state index contributed by atoms with van der Waals surface area (Å²) in [5.74, 6) is 0.340. The fraction of sp³-hybridized carbons (Fsp3) is 0.353. The van der Waals surface area contributed by atoms with Crippen molar-refractivity contribution in [3.8, 4) is 0 Å². The van der Waals surface area contributed by atoms with Crippen molar-refractivity contribution >= 4 is 0 Å². The first-order valence-electron chi connectivity index (χ1n) is 6.79. The summed E-state index contributed by atoms with van der Waals surface area (Å²) in [5.41, 5.74) is 5.12. The minimum atomic E-state index is 0.287. The molecule has 0 radical (unpaired) electrons. The van der Waals surface area contributed by atoms with Crippen molar-refractivity contribution in [2.75, 3.05) is 7.05 Å². The number of nitrogens with one attached hydrogen (secondary N) is 1. The second kappa shape index (κ2) is 5.98. The Morgan fingerprint density at radius 1 is 1.11 bits per heavy atom. The topological polar surface area (TPSA) is 24.9 Å². The van der Waals surface area contributed by atoms with Gasteiger partial charge in [-0.25, -0.2) is 0 Å². The maximum Gasteiger partial charge on any atom is 0.0450 e. The van der Waals surface area contributed by atoms with Gasteiger partial charge in [0.2, 0.25) is 0 Å². The number of aromatic nitrogens is 1. The lowest BCUT2D eigenvalue weighted by atomic mass is 9.88. The highest BCUT2D eigenvalue weighted by Gasteiger charge is 2.21. The molecule has 2 unspecified atom stereocenters. The largest absolute Gasteiger partial charge is 0.312 e. The Labute approximate surface area is 115 Å². The van der Waals surface area contributed by atoms with Crippen molar-refractivity contribution in [1.82, 2.24) is 10.3 Å². The average molecular weight is 254 g/mol. The SMILES string of the molecule is CNC(c1cc(C)ccc1C)C(C)c1ccccn1. The molecule has 2 atom stereocenters. The molecule has 19 heavy (non-hydrogen) atoms. The molecule has 0 aliphatic carbocycles. The quantitative estimate of drug-likeness (QED) is 0.898. The number of rotatable bonds is 4. The average Bonchev–Trinajstić information content (AvgIpc) is 2.44. The molecule has 1 aromatic heterocycles. The molecule has 0 spiro atoms. The summed E-state index contributed by atoms with van der Waals surface area (Å²) in [7, 11) is 2.02. The van der Waals surface area contributed by atoms with Crippen LogP contribution in [0.5, 0.6) is 0 Å². The molecule has 2 aromatic rings. The van der Waals surface area contributed by atoms with Gasteiger partial charge >= 0.3 is 0 Å². The number of aryl methyl sites for hydroxylation is 2. The lowest BCUT2D eigenvalue weighted by molar-refractivity contribution is 0.497. The van der Waals surface area contributed by atoms with E-state index in [4.69, 9.17) is 0 Å². The van der Waals surface area contributed by atoms with Crippen LogP contribution in [0.15, 0.2) is 42.6 Å². The maximum atomic E-state index is 4.49. The minimum Gasteiger partial charge on any atom is -0.312 e. The van der Waals surface area contributed by atoms with E-state index >= 15 is 0 Å². The van der Waals surface area contributed by atoms with Gasteiger partial charge in [0.05, 0.1) is 0 Å². The second-order valence-corrected chi connectivity index (χ2v) is 5.17. The molecule has 0 fully saturated rings. The zero-order chi connectivity index (χ0) is 13.8. The first-order chi connectivity index (χ1) is 9.13. The van der Waals surface area contributed by atoms with Gasteiger partial charge in [0.1, 0.15) is 0 Å². The fourth-order valence-electron chi connectivity index (χ4n) is 2.59. The molecule has 2 nitrogen and oxygen atoms in total. The predicted octanol–water partition coefficient (Wildman–Crippen LogP) is 3.76. The van der Waals surface area contributed by atoms with E-state index in [1.54, 1.807) is 0 Å². The molecule has 1 aromatic carbocycles. The third kappa shape index (κ3) is 3.02. The van der Waals surface area contributed by atoms with E-state index in [2.05, 4.69) is 61.4 Å². The number of benzene rings is 1. The standard InChI is InChI=1S/C17H22N2/c1-12-8-9-13(2)15(11-12)17(18-4)14(3)16-7-5-6-10-19-16/h5-11,14,17-18H,1-4H3. The Hall–Kier alpha value is -1.67. The van der Waals surface area contributed by atoms with Crippen LogP contribution in [0.4, 0.5) is 0 Å². The molecule has 2 heteroatoms. The number of likely N-dealkylation sites (N-methyl/N-ethyl adjacent to an activating group) is 1. The Morgan fingerprint density at radius 2 is 1.89 bits per heavy atom. The van der Waals surface area contributed by atoms with E-state index in [0.29, 0.717) is 5.92 Å². The van der Waals surface area contributed by atoms with Crippen LogP contribution in [0.2, 0.25) is 0 Å². The predicted molar refractivity (Wildman–Crippen MR) is 80.4 cm³/mol. The van der Waals surface area contributed by atoms with E-state index in [1.807, 2.05) is 19.3 Å². The molecule has 0 aliphatic heterocycles. The van der Waals surface area contributed by atoms with Gasteiger partial charge in [0, 0.05) is 23.9 Å². The van der Waals surface area contributed by atoms with Gasteiger partial charge in [-0.1, -0.05) is 36.8 Å². The first-order valence-corrected chi connectivity index (χ1v) is 6.79. The second-order valence-electron chi connectivity index (χ2n) is 5.17. The van der Waals surface area contributed by atoms with E-state index in [0.717, 1.165) is 5.69 Å². The third-order valence-electron chi connectivity index (χ3n) is 3.74. The smallest absolute Gasteiger partial charge is 0.0450 e. The van der Waals surface area contributed by atoms with E-state index in [9.17, 15) is 0 Å². The monoisotopic (exact) mass is 254 g/mol. The van der Waals surface area contributed by atoms with E-state index in [-0.39, 0.29) is 6.04 Å². The molecular formula is C17H22N2. The highest BCUT2D eigenvalue weighted by Crippen LogP contribution is 2.31. The third-order valence-corrected chi connectivity index (χ3v) is 3.74. The zero-order valence-corrected chi connectivity index (χ0v) is 12.1. The first kappa shape index (κ1) is 13.8. The van der Waals surface area contributed by atoms with Crippen LogP contribution < -0.4 is 5.32 Å². The number of pyridine rings is 1. The van der Waals surface area contributed by atoms with Crippen molar-refractivity contribution in [2.45, 2.75) is 32.7 Å². The molecule has 1 heterocycles. The molecule has 1 N–H and O–H groups in total. The van der Waals surface area contributed by atoms with Crippen LogP contribution >= 0.6 is 0 Å². The van der Waals surface area contributed by atoms with Gasteiger partial charge in [0.25, 0.3) is 0 Å². The summed E-state index contributed by atoms with van der Waals surface area (Å²) in [6, 6.07) is 13.0. The van der Waals surface area contributed by atoms with Crippen molar-refractivity contribution in [1.29, 1.82) is 0 Å². The Kier molecular flexibility index (Phi) is 4.33. The van der Waals surface area contributed by atoms with Crippen LogP contribution in [0.3, 0.4) is 0 Å². The lowest BCUT2D eigenvalue weighted by Gasteiger charge is -2.25.